The van der Waals surface area contributed by atoms with Crippen molar-refractivity contribution in [2.24, 2.45) is 5.92 Å². The minimum Gasteiger partial charge on any atom is -0.488 e. The summed E-state index contributed by atoms with van der Waals surface area (Å²) >= 11 is 0. The molecule has 0 fully saturated rings. The van der Waals surface area contributed by atoms with Crippen LogP contribution in [0.2, 0.25) is 0 Å². The summed E-state index contributed by atoms with van der Waals surface area (Å²) in [7, 11) is -2.53. The Kier molecular flexibility index (Phi) is 9.34. The van der Waals surface area contributed by atoms with Gasteiger partial charge in [0.1, 0.15) is 17.7 Å². The molecule has 12 heteroatoms. The standard InChI is InChI=1S/C26H35FN4O6S/c1-16(2)28-26(34)29-20-8-11-23-22(12-20)25(33)31(18(4)15-32)13-17(3)24(37-23)14-30(5)38(35,36)21-9-6-19(27)7-10-21/h6-12,16-18,24,32H,13-15H2,1-5H3,(H2,28,29,34)/t17-,18+,24-/m0/s1. The lowest BCUT2D eigenvalue weighted by Crippen LogP contribution is -2.50. The molecule has 1 aliphatic rings. The molecular formula is C26H35FN4O6S. The van der Waals surface area contributed by atoms with Gasteiger partial charge in [0.2, 0.25) is 10.0 Å². The molecule has 1 heterocycles. The zero-order chi connectivity index (χ0) is 28.2. The third-order valence-electron chi connectivity index (χ3n) is 6.30. The van der Waals surface area contributed by atoms with Crippen molar-refractivity contribution in [3.8, 4) is 5.75 Å². The normalized spacial score (nSPS) is 18.9. The number of carbonyl (C=O) groups is 2. The fourth-order valence-electron chi connectivity index (χ4n) is 4.09. The number of aliphatic hydroxyl groups excluding tert-OH is 1. The van der Waals surface area contributed by atoms with Crippen LogP contribution in [0.5, 0.6) is 5.75 Å². The Balaban J connectivity index is 1.94. The molecule has 0 spiro atoms. The number of aliphatic hydroxyl groups is 1. The lowest BCUT2D eigenvalue weighted by molar-refractivity contribution is 0.0387. The molecule has 2 aromatic carbocycles. The summed E-state index contributed by atoms with van der Waals surface area (Å²) in [6, 6.07) is 8.18. The van der Waals surface area contributed by atoms with Gasteiger partial charge in [-0.1, -0.05) is 6.92 Å². The van der Waals surface area contributed by atoms with Crippen LogP contribution in [0.1, 0.15) is 38.1 Å². The van der Waals surface area contributed by atoms with Gasteiger partial charge in [-0.25, -0.2) is 17.6 Å². The van der Waals surface area contributed by atoms with E-state index in [0.717, 1.165) is 16.4 Å². The van der Waals surface area contributed by atoms with Crippen LogP contribution in [0.25, 0.3) is 0 Å². The van der Waals surface area contributed by atoms with Crippen molar-refractivity contribution in [1.29, 1.82) is 0 Å². The number of benzene rings is 2. The Labute approximate surface area is 222 Å². The third-order valence-corrected chi connectivity index (χ3v) is 8.14. The topological polar surface area (TPSA) is 128 Å². The summed E-state index contributed by atoms with van der Waals surface area (Å²) < 4.78 is 46.9. The molecule has 0 bridgehead atoms. The monoisotopic (exact) mass is 550 g/mol. The molecule has 2 aromatic rings. The molecular weight excluding hydrogens is 515 g/mol. The predicted molar refractivity (Wildman–Crippen MR) is 141 cm³/mol. The van der Waals surface area contributed by atoms with Crippen LogP contribution in [0, 0.1) is 11.7 Å². The van der Waals surface area contributed by atoms with E-state index in [-0.39, 0.29) is 53.8 Å². The Morgan fingerprint density at radius 2 is 1.87 bits per heavy atom. The summed E-state index contributed by atoms with van der Waals surface area (Å²) in [5.74, 6) is -1.02. The van der Waals surface area contributed by atoms with E-state index in [2.05, 4.69) is 10.6 Å². The minimum atomic E-state index is -3.94. The lowest BCUT2D eigenvalue weighted by atomic mass is 9.99. The molecule has 0 aliphatic carbocycles. The first-order valence-corrected chi connectivity index (χ1v) is 13.8. The Bertz CT molecular complexity index is 1250. The summed E-state index contributed by atoms with van der Waals surface area (Å²) in [5.41, 5.74) is 0.547. The maximum absolute atomic E-state index is 13.5. The smallest absolute Gasteiger partial charge is 0.319 e. The van der Waals surface area contributed by atoms with E-state index < -0.39 is 34.0 Å². The zero-order valence-electron chi connectivity index (χ0n) is 22.1. The third kappa shape index (κ3) is 6.80. The lowest BCUT2D eigenvalue weighted by Gasteiger charge is -2.38. The van der Waals surface area contributed by atoms with Gasteiger partial charge in [-0.2, -0.15) is 4.31 Å². The number of anilines is 1. The van der Waals surface area contributed by atoms with Gasteiger partial charge in [-0.15, -0.1) is 0 Å². The van der Waals surface area contributed by atoms with Crippen LogP contribution in [0.4, 0.5) is 14.9 Å². The van der Waals surface area contributed by atoms with E-state index in [9.17, 15) is 27.5 Å². The van der Waals surface area contributed by atoms with E-state index in [1.165, 1.54) is 30.1 Å². The molecule has 3 atom stereocenters. The molecule has 38 heavy (non-hydrogen) atoms. The highest BCUT2D eigenvalue weighted by atomic mass is 32.2. The highest BCUT2D eigenvalue weighted by Gasteiger charge is 2.35. The van der Waals surface area contributed by atoms with Gasteiger partial charge in [0, 0.05) is 31.2 Å². The molecule has 3 rings (SSSR count). The highest BCUT2D eigenvalue weighted by molar-refractivity contribution is 7.89. The number of halogens is 1. The van der Waals surface area contributed by atoms with Gasteiger partial charge in [0.25, 0.3) is 5.91 Å². The van der Waals surface area contributed by atoms with Gasteiger partial charge < -0.3 is 25.4 Å². The fraction of sp³-hybridized carbons (Fsp3) is 0.462. The second kappa shape index (κ2) is 12.1. The molecule has 0 radical (unpaired) electrons. The first kappa shape index (κ1) is 29.3. The molecule has 0 aromatic heterocycles. The van der Waals surface area contributed by atoms with Crippen molar-refractivity contribution < 1.29 is 32.2 Å². The number of ether oxygens (including phenoxy) is 1. The highest BCUT2D eigenvalue weighted by Crippen LogP contribution is 2.31. The van der Waals surface area contributed by atoms with Crippen LogP contribution in [0.3, 0.4) is 0 Å². The Morgan fingerprint density at radius 3 is 2.47 bits per heavy atom. The maximum atomic E-state index is 13.5. The average molecular weight is 551 g/mol. The summed E-state index contributed by atoms with van der Waals surface area (Å²) in [4.78, 5) is 27.2. The Morgan fingerprint density at radius 1 is 1.21 bits per heavy atom. The molecule has 10 nitrogen and oxygen atoms in total. The number of urea groups is 1. The quantitative estimate of drug-likeness (QED) is 0.464. The van der Waals surface area contributed by atoms with Gasteiger partial charge in [-0.3, -0.25) is 4.79 Å². The average Bonchev–Trinajstić information content (AvgIpc) is 2.85. The van der Waals surface area contributed by atoms with Crippen LogP contribution in [0.15, 0.2) is 47.4 Å². The van der Waals surface area contributed by atoms with E-state index in [4.69, 9.17) is 4.74 Å². The largest absolute Gasteiger partial charge is 0.488 e. The van der Waals surface area contributed by atoms with Crippen molar-refractivity contribution in [1.82, 2.24) is 14.5 Å². The number of rotatable bonds is 8. The number of nitrogens with one attached hydrogen (secondary N) is 2. The van der Waals surface area contributed by atoms with Gasteiger partial charge in [-0.05, 0) is 63.2 Å². The fourth-order valence-corrected chi connectivity index (χ4v) is 5.27. The molecule has 208 valence electrons. The van der Waals surface area contributed by atoms with Crippen LogP contribution in [-0.2, 0) is 10.0 Å². The van der Waals surface area contributed by atoms with Crippen molar-refractivity contribution in [2.75, 3.05) is 32.1 Å². The maximum Gasteiger partial charge on any atom is 0.319 e. The number of hydrogen-bond acceptors (Lipinski definition) is 6. The second-order valence-corrected chi connectivity index (χ2v) is 11.9. The van der Waals surface area contributed by atoms with E-state index in [0.29, 0.717) is 5.69 Å². The number of fused-ring (bicyclic) bond motifs is 1. The molecule has 0 saturated carbocycles. The second-order valence-electron chi connectivity index (χ2n) is 9.83. The van der Waals surface area contributed by atoms with Gasteiger partial charge in [0.05, 0.1) is 29.7 Å². The Hall–Kier alpha value is -3.22. The van der Waals surface area contributed by atoms with E-state index in [1.54, 1.807) is 19.1 Å². The van der Waals surface area contributed by atoms with Crippen molar-refractivity contribution >= 4 is 27.6 Å². The molecule has 3 amide bonds. The summed E-state index contributed by atoms with van der Waals surface area (Å²) in [5, 5.41) is 15.2. The van der Waals surface area contributed by atoms with E-state index >= 15 is 0 Å². The number of sulfonamides is 1. The van der Waals surface area contributed by atoms with Crippen molar-refractivity contribution in [2.45, 2.75) is 50.8 Å². The van der Waals surface area contributed by atoms with Gasteiger partial charge >= 0.3 is 6.03 Å². The van der Waals surface area contributed by atoms with Crippen LogP contribution in [-0.4, -0.2) is 79.6 Å². The zero-order valence-corrected chi connectivity index (χ0v) is 23.0. The number of hydrogen-bond donors (Lipinski definition) is 3. The summed E-state index contributed by atoms with van der Waals surface area (Å²) in [6.07, 6.45) is -0.668. The first-order valence-electron chi connectivity index (χ1n) is 12.4. The number of carbonyl (C=O) groups excluding carboxylic acids is 2. The molecule has 0 saturated heterocycles. The predicted octanol–water partition coefficient (Wildman–Crippen LogP) is 2.90. The molecule has 0 unspecified atom stereocenters. The molecule has 3 N–H and O–H groups in total. The number of likely N-dealkylation sites (N-methyl/N-ethyl adjacent to an activating group) is 1. The summed E-state index contributed by atoms with van der Waals surface area (Å²) in [6.45, 7) is 7.07. The SMILES string of the molecule is CC(C)NC(=O)Nc1ccc2c(c1)C(=O)N([C@H](C)CO)C[C@H](C)[C@H](CN(C)S(=O)(=O)c1ccc(F)cc1)O2. The van der Waals surface area contributed by atoms with Crippen molar-refractivity contribution in [3.05, 3.63) is 53.8 Å². The molecule has 1 aliphatic heterocycles. The number of amides is 3. The number of nitrogens with zero attached hydrogens (tertiary/aromatic N) is 2. The first-order chi connectivity index (χ1) is 17.8. The van der Waals surface area contributed by atoms with Crippen LogP contribution >= 0.6 is 0 Å². The van der Waals surface area contributed by atoms with Gasteiger partial charge in [0.15, 0.2) is 0 Å². The van der Waals surface area contributed by atoms with Crippen molar-refractivity contribution in [3.63, 3.8) is 0 Å². The van der Waals surface area contributed by atoms with E-state index in [1.807, 2.05) is 20.8 Å². The van der Waals surface area contributed by atoms with Crippen LogP contribution < -0.4 is 15.4 Å². The minimum absolute atomic E-state index is 0.0490.